The molecule has 2 heteroatoms. The molecule has 1 aromatic rings. The molecule has 0 bridgehead atoms. The van der Waals surface area contributed by atoms with Crippen molar-refractivity contribution in [2.75, 3.05) is 13.6 Å². The summed E-state index contributed by atoms with van der Waals surface area (Å²) in [5.74, 6) is 0. The zero-order valence-electron chi connectivity index (χ0n) is 7.40. The van der Waals surface area contributed by atoms with Gasteiger partial charge in [0, 0.05) is 18.4 Å². The fourth-order valence-electron chi connectivity index (χ4n) is 1.90. The lowest BCUT2D eigenvalue weighted by atomic mass is 10.4. The number of rotatable bonds is 1. The highest BCUT2D eigenvalue weighted by Crippen LogP contribution is 2.29. The lowest BCUT2D eigenvalue weighted by Gasteiger charge is -2.18. The largest absolute Gasteiger partial charge is 0.299 e. The highest BCUT2D eigenvalue weighted by Gasteiger charge is 2.21. The summed E-state index contributed by atoms with van der Waals surface area (Å²) >= 11 is 0. The Labute approximate surface area is 73.2 Å². The first-order valence-corrected chi connectivity index (χ1v) is 4.48. The van der Waals surface area contributed by atoms with Crippen molar-refractivity contribution in [2.45, 2.75) is 18.9 Å². The van der Waals surface area contributed by atoms with Gasteiger partial charge in [-0.2, -0.15) is 0 Å². The molecular weight excluding hydrogens is 150 g/mol. The quantitative estimate of drug-likeness (QED) is 0.629. The Hall–Kier alpha value is -0.890. The fraction of sp³-hybridized carbons (Fsp3) is 0.500. The molecular formula is C10H14N2. The number of aromatic nitrogens is 1. The zero-order valence-corrected chi connectivity index (χ0v) is 7.40. The molecule has 12 heavy (non-hydrogen) atoms. The molecule has 1 saturated heterocycles. The van der Waals surface area contributed by atoms with Gasteiger partial charge in [0.2, 0.25) is 0 Å². The first-order valence-electron chi connectivity index (χ1n) is 4.48. The van der Waals surface area contributed by atoms with Gasteiger partial charge < -0.3 is 0 Å². The third-order valence-corrected chi connectivity index (χ3v) is 2.59. The van der Waals surface area contributed by atoms with E-state index in [0.29, 0.717) is 6.04 Å². The summed E-state index contributed by atoms with van der Waals surface area (Å²) < 4.78 is 0. The second-order valence-electron chi connectivity index (χ2n) is 3.42. The Balaban J connectivity index is 2.19. The highest BCUT2D eigenvalue weighted by atomic mass is 15.6. The van der Waals surface area contributed by atoms with Crippen molar-refractivity contribution >= 4 is 0 Å². The molecule has 1 aliphatic rings. The van der Waals surface area contributed by atoms with E-state index in [1.54, 1.807) is 0 Å². The van der Waals surface area contributed by atoms with E-state index in [4.69, 9.17) is 0 Å². The summed E-state index contributed by atoms with van der Waals surface area (Å²) in [6.07, 6.45) is 6.41. The Morgan fingerprint density at radius 2 is 2.50 bits per heavy atom. The minimum atomic E-state index is 0.610. The first kappa shape index (κ1) is 7.74. The third kappa shape index (κ3) is 1.34. The van der Waals surface area contributed by atoms with Crippen LogP contribution in [0.4, 0.5) is 0 Å². The van der Waals surface area contributed by atoms with Gasteiger partial charge in [0.15, 0.2) is 0 Å². The molecule has 0 spiro atoms. The molecule has 2 nitrogen and oxygen atoms in total. The maximum atomic E-state index is 4.14. The predicted octanol–water partition coefficient (Wildman–Crippen LogP) is 1.85. The van der Waals surface area contributed by atoms with E-state index in [2.05, 4.69) is 23.0 Å². The summed E-state index contributed by atoms with van der Waals surface area (Å²) in [5, 5.41) is 0. The van der Waals surface area contributed by atoms with E-state index in [-0.39, 0.29) is 0 Å². The van der Waals surface area contributed by atoms with Crippen molar-refractivity contribution in [3.05, 3.63) is 30.1 Å². The summed E-state index contributed by atoms with van der Waals surface area (Å²) in [6, 6.07) is 4.79. The molecule has 64 valence electrons. The van der Waals surface area contributed by atoms with Crippen molar-refractivity contribution in [3.63, 3.8) is 0 Å². The van der Waals surface area contributed by atoms with E-state index < -0.39 is 0 Å². The van der Waals surface area contributed by atoms with Crippen LogP contribution in [0.5, 0.6) is 0 Å². The molecule has 1 aliphatic heterocycles. The van der Waals surface area contributed by atoms with Gasteiger partial charge in [-0.1, -0.05) is 6.07 Å². The van der Waals surface area contributed by atoms with Crippen molar-refractivity contribution in [2.24, 2.45) is 0 Å². The standard InChI is InChI=1S/C10H14N2/c1-12-7-3-5-10(12)9-4-2-6-11-8-9/h2,4,6,8,10H,3,5,7H2,1H3/t10-/m0/s1/i10+2. The maximum absolute atomic E-state index is 4.14. The topological polar surface area (TPSA) is 16.1 Å². The monoisotopic (exact) mass is 164 g/mol. The van der Waals surface area contributed by atoms with Crippen molar-refractivity contribution in [3.8, 4) is 0 Å². The predicted molar refractivity (Wildman–Crippen MR) is 48.8 cm³/mol. The number of pyridine rings is 1. The molecule has 1 atom stereocenters. The molecule has 0 unspecified atom stereocenters. The van der Waals surface area contributed by atoms with Crippen LogP contribution in [0.1, 0.15) is 24.4 Å². The number of nitrogens with zero attached hydrogens (tertiary/aromatic N) is 2. The van der Waals surface area contributed by atoms with Crippen molar-refractivity contribution in [1.82, 2.24) is 9.88 Å². The second kappa shape index (κ2) is 3.23. The molecule has 2 heterocycles. The van der Waals surface area contributed by atoms with Gasteiger partial charge in [0.05, 0.1) is 0 Å². The van der Waals surface area contributed by atoms with E-state index in [9.17, 15) is 0 Å². The molecule has 1 fully saturated rings. The van der Waals surface area contributed by atoms with Gasteiger partial charge in [-0.05, 0) is 38.1 Å². The van der Waals surface area contributed by atoms with E-state index in [1.165, 1.54) is 24.9 Å². The summed E-state index contributed by atoms with van der Waals surface area (Å²) in [7, 11) is 2.19. The Morgan fingerprint density at radius 1 is 1.58 bits per heavy atom. The van der Waals surface area contributed by atoms with E-state index in [0.717, 1.165) is 0 Å². The maximum Gasteiger partial charge on any atom is 0.0360 e. The summed E-state index contributed by atoms with van der Waals surface area (Å²) in [4.78, 5) is 6.54. The van der Waals surface area contributed by atoms with Crippen LogP contribution in [0.2, 0.25) is 0 Å². The Bertz CT molecular complexity index is 245. The van der Waals surface area contributed by atoms with Gasteiger partial charge >= 0.3 is 0 Å². The fourth-order valence-corrected chi connectivity index (χ4v) is 1.90. The third-order valence-electron chi connectivity index (χ3n) is 2.59. The second-order valence-corrected chi connectivity index (χ2v) is 3.42. The molecule has 2 rings (SSSR count). The van der Waals surface area contributed by atoms with Crippen LogP contribution >= 0.6 is 0 Å². The number of hydrogen-bond acceptors (Lipinski definition) is 2. The normalized spacial score (nSPS) is 24.6. The SMILES string of the molecule is CN1CCC[14C@H]1c1cccnc1. The Morgan fingerprint density at radius 3 is 3.08 bits per heavy atom. The lowest BCUT2D eigenvalue weighted by molar-refractivity contribution is 0.317. The van der Waals surface area contributed by atoms with Gasteiger partial charge in [-0.25, -0.2) is 0 Å². The zero-order chi connectivity index (χ0) is 8.39. The summed E-state index contributed by atoms with van der Waals surface area (Å²) in [6.45, 7) is 1.22. The minimum absolute atomic E-state index is 0.610. The Kier molecular flexibility index (Phi) is 2.09. The van der Waals surface area contributed by atoms with Crippen LogP contribution in [0.25, 0.3) is 0 Å². The van der Waals surface area contributed by atoms with E-state index >= 15 is 0 Å². The minimum Gasteiger partial charge on any atom is -0.299 e. The van der Waals surface area contributed by atoms with Crippen LogP contribution in [-0.2, 0) is 0 Å². The first-order chi connectivity index (χ1) is 5.88. The van der Waals surface area contributed by atoms with Crippen LogP contribution in [0.15, 0.2) is 24.5 Å². The average molecular weight is 164 g/mol. The number of likely N-dealkylation sites (tertiary alicyclic amines) is 1. The molecule has 0 amide bonds. The van der Waals surface area contributed by atoms with Crippen molar-refractivity contribution in [1.29, 1.82) is 0 Å². The van der Waals surface area contributed by atoms with Gasteiger partial charge in [0.1, 0.15) is 0 Å². The van der Waals surface area contributed by atoms with Crippen LogP contribution in [0.3, 0.4) is 0 Å². The molecule has 0 N–H and O–H groups in total. The summed E-state index contributed by atoms with van der Waals surface area (Å²) in [5.41, 5.74) is 1.36. The smallest absolute Gasteiger partial charge is 0.0360 e. The molecule has 0 radical (unpaired) electrons. The molecule has 0 aromatic carbocycles. The highest BCUT2D eigenvalue weighted by molar-refractivity contribution is 5.14. The van der Waals surface area contributed by atoms with Gasteiger partial charge in [-0.3, -0.25) is 9.88 Å². The van der Waals surface area contributed by atoms with E-state index in [1.807, 2.05) is 18.5 Å². The van der Waals surface area contributed by atoms with Gasteiger partial charge in [0.25, 0.3) is 0 Å². The average Bonchev–Trinajstić information content (AvgIpc) is 2.53. The van der Waals surface area contributed by atoms with Crippen molar-refractivity contribution < 1.29 is 0 Å². The molecule has 1 aromatic heterocycles. The number of hydrogen-bond donors (Lipinski definition) is 0. The van der Waals surface area contributed by atoms with Crippen LogP contribution < -0.4 is 0 Å². The molecule has 0 saturated carbocycles. The van der Waals surface area contributed by atoms with Crippen LogP contribution in [0, 0.1) is 0 Å². The molecule has 0 aliphatic carbocycles. The van der Waals surface area contributed by atoms with Gasteiger partial charge in [-0.15, -0.1) is 0 Å². The lowest BCUT2D eigenvalue weighted by Crippen LogP contribution is -2.17. The van der Waals surface area contributed by atoms with Crippen LogP contribution in [-0.4, -0.2) is 23.5 Å².